The Kier molecular flexibility index (Phi) is 3.18. The smallest absolute Gasteiger partial charge is 0.237 e. The number of nitrogen functional groups attached to an aromatic ring is 1. The number of rotatable bonds is 2. The van der Waals surface area contributed by atoms with Gasteiger partial charge in [-0.2, -0.15) is 0 Å². The van der Waals surface area contributed by atoms with Crippen molar-refractivity contribution in [2.75, 3.05) is 10.6 Å². The highest BCUT2D eigenvalue weighted by atomic mass is 35.5. The molecule has 0 spiro atoms. The Morgan fingerprint density at radius 3 is 2.62 bits per heavy atom. The Balaban J connectivity index is 2.02. The Morgan fingerprint density at radius 2 is 1.90 bits per heavy atom. The van der Waals surface area contributed by atoms with E-state index in [2.05, 4.69) is 0 Å². The van der Waals surface area contributed by atoms with Crippen LogP contribution in [0.3, 0.4) is 0 Å². The predicted octanol–water partition coefficient (Wildman–Crippen LogP) is 3.75. The molecule has 0 atom stereocenters. The topological polar surface area (TPSA) is 46.3 Å². The van der Waals surface area contributed by atoms with Crippen molar-refractivity contribution in [1.29, 1.82) is 0 Å². The number of hydrogen-bond donors (Lipinski definition) is 1. The van der Waals surface area contributed by atoms with Crippen molar-refractivity contribution in [3.8, 4) is 0 Å². The van der Waals surface area contributed by atoms with E-state index >= 15 is 0 Å². The number of amides is 1. The minimum atomic E-state index is -0.503. The summed E-state index contributed by atoms with van der Waals surface area (Å²) >= 11 is 6.24. The third-order valence-electron chi connectivity index (χ3n) is 4.05. The lowest BCUT2D eigenvalue weighted by Crippen LogP contribution is -2.35. The zero-order chi connectivity index (χ0) is 15.2. The quantitative estimate of drug-likeness (QED) is 0.859. The normalized spacial score (nSPS) is 16.1. The first-order valence-corrected chi connectivity index (χ1v) is 7.24. The molecule has 1 heterocycles. The van der Waals surface area contributed by atoms with Crippen LogP contribution in [0.2, 0.25) is 5.02 Å². The Labute approximate surface area is 129 Å². The molecule has 2 aromatic rings. The first-order chi connectivity index (χ1) is 9.91. The molecular weight excluding hydrogens is 284 g/mol. The van der Waals surface area contributed by atoms with Gasteiger partial charge in [-0.1, -0.05) is 35.9 Å². The Morgan fingerprint density at radius 1 is 1.19 bits per heavy atom. The minimum absolute atomic E-state index is 0.0941. The maximum atomic E-state index is 12.7. The second-order valence-electron chi connectivity index (χ2n) is 5.88. The van der Waals surface area contributed by atoms with Crippen LogP contribution in [0.5, 0.6) is 0 Å². The van der Waals surface area contributed by atoms with Gasteiger partial charge < -0.3 is 10.6 Å². The maximum Gasteiger partial charge on any atom is 0.237 e. The molecule has 0 fully saturated rings. The average molecular weight is 301 g/mol. The summed E-state index contributed by atoms with van der Waals surface area (Å²) in [5, 5.41) is 0.588. The number of halogens is 1. The summed E-state index contributed by atoms with van der Waals surface area (Å²) < 4.78 is 0. The molecule has 0 saturated carbocycles. The van der Waals surface area contributed by atoms with Crippen molar-refractivity contribution in [2.24, 2.45) is 0 Å². The van der Waals surface area contributed by atoms with Gasteiger partial charge in [-0.3, -0.25) is 4.79 Å². The van der Waals surface area contributed by atoms with Crippen LogP contribution in [0.15, 0.2) is 42.5 Å². The molecule has 4 heteroatoms. The van der Waals surface area contributed by atoms with Crippen LogP contribution in [0.1, 0.15) is 25.0 Å². The number of carbonyl (C=O) groups excluding carboxylic acids is 1. The lowest BCUT2D eigenvalue weighted by atomic mass is 9.86. The van der Waals surface area contributed by atoms with E-state index in [0.29, 0.717) is 17.3 Å². The number of anilines is 2. The molecule has 0 aromatic heterocycles. The van der Waals surface area contributed by atoms with E-state index in [0.717, 1.165) is 16.8 Å². The molecule has 1 aliphatic rings. The fourth-order valence-electron chi connectivity index (χ4n) is 2.82. The lowest BCUT2D eigenvalue weighted by Gasteiger charge is -2.21. The van der Waals surface area contributed by atoms with E-state index in [1.54, 1.807) is 17.0 Å². The van der Waals surface area contributed by atoms with Crippen molar-refractivity contribution in [3.63, 3.8) is 0 Å². The van der Waals surface area contributed by atoms with Crippen molar-refractivity contribution in [2.45, 2.75) is 25.8 Å². The summed E-state index contributed by atoms with van der Waals surface area (Å²) in [6.07, 6.45) is 0. The second kappa shape index (κ2) is 4.78. The molecule has 21 heavy (non-hydrogen) atoms. The van der Waals surface area contributed by atoms with Gasteiger partial charge in [0.15, 0.2) is 0 Å². The first-order valence-electron chi connectivity index (χ1n) is 6.86. The molecule has 3 nitrogen and oxygen atoms in total. The van der Waals surface area contributed by atoms with E-state index in [4.69, 9.17) is 17.3 Å². The van der Waals surface area contributed by atoms with Crippen LogP contribution >= 0.6 is 11.6 Å². The highest BCUT2D eigenvalue weighted by molar-refractivity contribution is 6.31. The molecule has 0 aliphatic carbocycles. The maximum absolute atomic E-state index is 12.7. The fraction of sp³-hybridized carbons (Fsp3) is 0.235. The van der Waals surface area contributed by atoms with Crippen molar-refractivity contribution >= 4 is 28.9 Å². The number of nitrogens with two attached hydrogens (primary N) is 1. The van der Waals surface area contributed by atoms with Crippen LogP contribution in [0.4, 0.5) is 11.4 Å². The molecule has 1 aliphatic heterocycles. The number of para-hydroxylation sites is 1. The molecule has 2 N–H and O–H groups in total. The molecule has 1 amide bonds. The van der Waals surface area contributed by atoms with E-state index in [-0.39, 0.29) is 5.91 Å². The molecule has 2 aromatic carbocycles. The molecule has 108 valence electrons. The second-order valence-corrected chi connectivity index (χ2v) is 6.29. The summed E-state index contributed by atoms with van der Waals surface area (Å²) in [5.41, 5.74) is 8.75. The third-order valence-corrected chi connectivity index (χ3v) is 4.41. The van der Waals surface area contributed by atoms with E-state index in [1.807, 2.05) is 44.2 Å². The zero-order valence-corrected chi connectivity index (χ0v) is 12.8. The number of benzene rings is 2. The van der Waals surface area contributed by atoms with Gasteiger partial charge in [-0.05, 0) is 43.2 Å². The minimum Gasteiger partial charge on any atom is -0.399 e. The molecular formula is C17H17ClN2O. The van der Waals surface area contributed by atoms with Crippen LogP contribution in [0, 0.1) is 0 Å². The summed E-state index contributed by atoms with van der Waals surface area (Å²) in [6.45, 7) is 4.37. The van der Waals surface area contributed by atoms with Gasteiger partial charge in [0.1, 0.15) is 0 Å². The number of carbonyl (C=O) groups is 1. The highest BCUT2D eigenvalue weighted by Gasteiger charge is 2.43. The van der Waals surface area contributed by atoms with Crippen molar-refractivity contribution in [3.05, 3.63) is 58.6 Å². The van der Waals surface area contributed by atoms with Crippen LogP contribution in [-0.4, -0.2) is 5.91 Å². The monoisotopic (exact) mass is 300 g/mol. The van der Waals surface area contributed by atoms with Crippen LogP contribution in [0.25, 0.3) is 0 Å². The fourth-order valence-corrected chi connectivity index (χ4v) is 3.07. The molecule has 3 rings (SSSR count). The van der Waals surface area contributed by atoms with E-state index in [1.165, 1.54) is 0 Å². The third kappa shape index (κ3) is 2.18. The highest BCUT2D eigenvalue weighted by Crippen LogP contribution is 2.42. The van der Waals surface area contributed by atoms with Crippen LogP contribution < -0.4 is 10.6 Å². The summed E-state index contributed by atoms with van der Waals surface area (Å²) in [5.74, 6) is 0.0941. The SMILES string of the molecule is CC1(C)C(=O)N(Cc2ccc(N)cc2Cl)c2ccccc21. The van der Waals surface area contributed by atoms with Gasteiger partial charge in [0.2, 0.25) is 5.91 Å². The number of hydrogen-bond acceptors (Lipinski definition) is 2. The number of nitrogens with zero attached hydrogens (tertiary/aromatic N) is 1. The van der Waals surface area contributed by atoms with Crippen molar-refractivity contribution in [1.82, 2.24) is 0 Å². The zero-order valence-electron chi connectivity index (χ0n) is 12.1. The van der Waals surface area contributed by atoms with Gasteiger partial charge in [-0.15, -0.1) is 0 Å². The van der Waals surface area contributed by atoms with E-state index in [9.17, 15) is 4.79 Å². The van der Waals surface area contributed by atoms with Crippen LogP contribution in [-0.2, 0) is 16.8 Å². The number of fused-ring (bicyclic) bond motifs is 1. The van der Waals surface area contributed by atoms with Gasteiger partial charge in [0.25, 0.3) is 0 Å². The van der Waals surface area contributed by atoms with Gasteiger partial charge >= 0.3 is 0 Å². The average Bonchev–Trinajstić information content (AvgIpc) is 2.63. The van der Waals surface area contributed by atoms with Gasteiger partial charge in [0, 0.05) is 16.4 Å². The predicted molar refractivity (Wildman–Crippen MR) is 86.5 cm³/mol. The van der Waals surface area contributed by atoms with Gasteiger partial charge in [-0.25, -0.2) is 0 Å². The first kappa shape index (κ1) is 14.0. The summed E-state index contributed by atoms with van der Waals surface area (Å²) in [6, 6.07) is 13.3. The largest absolute Gasteiger partial charge is 0.399 e. The Bertz CT molecular complexity index is 724. The van der Waals surface area contributed by atoms with Gasteiger partial charge in [0.05, 0.1) is 12.0 Å². The van der Waals surface area contributed by atoms with E-state index < -0.39 is 5.41 Å². The molecule has 0 bridgehead atoms. The van der Waals surface area contributed by atoms with Crippen molar-refractivity contribution < 1.29 is 4.79 Å². The molecule has 0 radical (unpaired) electrons. The summed E-state index contributed by atoms with van der Waals surface area (Å²) in [4.78, 5) is 14.5. The Hall–Kier alpha value is -2.00. The molecule has 0 saturated heterocycles. The molecule has 0 unspecified atom stereocenters. The summed E-state index contributed by atoms with van der Waals surface area (Å²) in [7, 11) is 0. The standard InChI is InChI=1S/C17H17ClN2O/c1-17(2)13-5-3-4-6-15(13)20(16(17)21)10-11-7-8-12(19)9-14(11)18/h3-9H,10,19H2,1-2H3. The lowest BCUT2D eigenvalue weighted by molar-refractivity contribution is -0.122.